The Morgan fingerprint density at radius 3 is 2.45 bits per heavy atom. The van der Waals surface area contributed by atoms with E-state index >= 15 is 0 Å². The number of carbonyl (C=O) groups is 1. The van der Waals surface area contributed by atoms with Gasteiger partial charge in [-0.3, -0.25) is 4.79 Å². The lowest BCUT2D eigenvalue weighted by Crippen LogP contribution is -2.42. The van der Waals surface area contributed by atoms with Crippen molar-refractivity contribution in [1.29, 1.82) is 0 Å². The molecule has 2 rings (SSSR count). The fourth-order valence-corrected chi connectivity index (χ4v) is 2.16. The van der Waals surface area contributed by atoms with Crippen LogP contribution in [-0.4, -0.2) is 19.1 Å². The van der Waals surface area contributed by atoms with Crippen molar-refractivity contribution in [1.82, 2.24) is 5.32 Å². The molecule has 5 heteroatoms. The number of rotatable bonds is 6. The van der Waals surface area contributed by atoms with Gasteiger partial charge < -0.3 is 15.8 Å². The maximum absolute atomic E-state index is 12.0. The summed E-state index contributed by atoms with van der Waals surface area (Å²) in [4.78, 5) is 12.0. The molecule has 0 aromatic heterocycles. The normalized spacial score (nSPS) is 16.8. The first-order valence-electron chi connectivity index (χ1n) is 6.85. The molecule has 20 heavy (non-hydrogen) atoms. The van der Waals surface area contributed by atoms with Crippen LogP contribution in [0, 0.1) is 5.92 Å². The van der Waals surface area contributed by atoms with Crippen LogP contribution < -0.4 is 15.8 Å². The van der Waals surface area contributed by atoms with Crippen LogP contribution in [-0.2, 0) is 4.79 Å². The lowest BCUT2D eigenvalue weighted by atomic mass is 10.0. The van der Waals surface area contributed by atoms with Crippen LogP contribution in [0.1, 0.15) is 37.8 Å². The van der Waals surface area contributed by atoms with Gasteiger partial charge in [0.15, 0.2) is 0 Å². The smallest absolute Gasteiger partial charge is 0.237 e. The molecule has 0 radical (unpaired) electrons. The SMILES string of the molecule is CC[C@H](N)C(=O)NC(c1ccc(OC)cc1)C1CC1.Cl. The molecule has 1 saturated carbocycles. The highest BCUT2D eigenvalue weighted by molar-refractivity contribution is 5.85. The second kappa shape index (κ2) is 7.50. The van der Waals surface area contributed by atoms with E-state index in [4.69, 9.17) is 10.5 Å². The summed E-state index contributed by atoms with van der Waals surface area (Å²) < 4.78 is 5.15. The van der Waals surface area contributed by atoms with Crippen molar-refractivity contribution < 1.29 is 9.53 Å². The van der Waals surface area contributed by atoms with E-state index in [2.05, 4.69) is 5.32 Å². The molecule has 4 nitrogen and oxygen atoms in total. The Balaban J connectivity index is 0.00000200. The van der Waals surface area contributed by atoms with E-state index in [0.717, 1.165) is 11.3 Å². The van der Waals surface area contributed by atoms with Crippen molar-refractivity contribution >= 4 is 18.3 Å². The summed E-state index contributed by atoms with van der Waals surface area (Å²) >= 11 is 0. The van der Waals surface area contributed by atoms with E-state index in [1.54, 1.807) is 7.11 Å². The van der Waals surface area contributed by atoms with Gasteiger partial charge in [0.05, 0.1) is 19.2 Å². The molecule has 1 fully saturated rings. The molecule has 0 spiro atoms. The predicted octanol–water partition coefficient (Wildman–Crippen LogP) is 2.42. The summed E-state index contributed by atoms with van der Waals surface area (Å²) in [5.41, 5.74) is 6.90. The van der Waals surface area contributed by atoms with Gasteiger partial charge in [0.1, 0.15) is 5.75 Å². The molecule has 112 valence electrons. The minimum atomic E-state index is -0.417. The number of nitrogens with one attached hydrogen (secondary N) is 1. The van der Waals surface area contributed by atoms with Gasteiger partial charge in [-0.15, -0.1) is 12.4 Å². The van der Waals surface area contributed by atoms with Crippen LogP contribution >= 0.6 is 12.4 Å². The monoisotopic (exact) mass is 298 g/mol. The van der Waals surface area contributed by atoms with Gasteiger partial charge in [-0.25, -0.2) is 0 Å². The van der Waals surface area contributed by atoms with Crippen LogP contribution in [0.15, 0.2) is 24.3 Å². The zero-order valence-electron chi connectivity index (χ0n) is 12.0. The molecule has 1 aliphatic carbocycles. The second-order valence-corrected chi connectivity index (χ2v) is 5.11. The lowest BCUT2D eigenvalue weighted by molar-refractivity contribution is -0.123. The summed E-state index contributed by atoms with van der Waals surface area (Å²) in [6.07, 6.45) is 2.99. The molecule has 1 amide bonds. The molecule has 1 aliphatic rings. The Hall–Kier alpha value is -1.26. The van der Waals surface area contributed by atoms with Gasteiger partial charge in [-0.05, 0) is 42.9 Å². The van der Waals surface area contributed by atoms with E-state index in [9.17, 15) is 4.79 Å². The minimum absolute atomic E-state index is 0. The average Bonchev–Trinajstić information content (AvgIpc) is 3.28. The predicted molar refractivity (Wildman–Crippen MR) is 82.1 cm³/mol. The Bertz CT molecular complexity index is 432. The van der Waals surface area contributed by atoms with Crippen LogP contribution in [0.25, 0.3) is 0 Å². The van der Waals surface area contributed by atoms with Gasteiger partial charge in [0.2, 0.25) is 5.91 Å². The summed E-state index contributed by atoms with van der Waals surface area (Å²) in [5.74, 6) is 1.31. The fourth-order valence-electron chi connectivity index (χ4n) is 2.16. The maximum atomic E-state index is 12.0. The number of hydrogen-bond donors (Lipinski definition) is 2. The topological polar surface area (TPSA) is 64.4 Å². The van der Waals surface area contributed by atoms with E-state index in [0.29, 0.717) is 12.3 Å². The lowest BCUT2D eigenvalue weighted by Gasteiger charge is -2.21. The van der Waals surface area contributed by atoms with Gasteiger partial charge in [-0.2, -0.15) is 0 Å². The van der Waals surface area contributed by atoms with Crippen molar-refractivity contribution in [2.24, 2.45) is 11.7 Å². The Morgan fingerprint density at radius 1 is 1.40 bits per heavy atom. The summed E-state index contributed by atoms with van der Waals surface area (Å²) in [5, 5.41) is 3.08. The molecule has 0 aliphatic heterocycles. The van der Waals surface area contributed by atoms with Crippen LogP contribution in [0.5, 0.6) is 5.75 Å². The van der Waals surface area contributed by atoms with Crippen molar-refractivity contribution in [2.75, 3.05) is 7.11 Å². The van der Waals surface area contributed by atoms with E-state index in [-0.39, 0.29) is 24.4 Å². The molecule has 1 aromatic carbocycles. The number of halogens is 1. The highest BCUT2D eigenvalue weighted by Crippen LogP contribution is 2.41. The number of hydrogen-bond acceptors (Lipinski definition) is 3. The van der Waals surface area contributed by atoms with E-state index in [1.807, 2.05) is 31.2 Å². The van der Waals surface area contributed by atoms with E-state index < -0.39 is 6.04 Å². The number of ether oxygens (including phenoxy) is 1. The molecule has 2 atom stereocenters. The first kappa shape index (κ1) is 16.8. The van der Waals surface area contributed by atoms with Crippen molar-refractivity contribution in [3.8, 4) is 5.75 Å². The molecular weight excluding hydrogens is 276 g/mol. The Morgan fingerprint density at radius 2 is 2.00 bits per heavy atom. The fraction of sp³-hybridized carbons (Fsp3) is 0.533. The molecular formula is C15H23ClN2O2. The highest BCUT2D eigenvalue weighted by atomic mass is 35.5. The Labute approximate surface area is 126 Å². The third-order valence-electron chi connectivity index (χ3n) is 3.64. The van der Waals surface area contributed by atoms with Crippen LogP contribution in [0.2, 0.25) is 0 Å². The minimum Gasteiger partial charge on any atom is -0.497 e. The van der Waals surface area contributed by atoms with Crippen molar-refractivity contribution in [3.63, 3.8) is 0 Å². The first-order valence-corrected chi connectivity index (χ1v) is 6.85. The molecule has 0 bridgehead atoms. The van der Waals surface area contributed by atoms with Crippen LogP contribution in [0.3, 0.4) is 0 Å². The summed E-state index contributed by atoms with van der Waals surface area (Å²) in [7, 11) is 1.65. The third kappa shape index (κ3) is 4.12. The number of amides is 1. The molecule has 0 heterocycles. The zero-order chi connectivity index (χ0) is 13.8. The average molecular weight is 299 g/mol. The van der Waals surface area contributed by atoms with Crippen molar-refractivity contribution in [3.05, 3.63) is 29.8 Å². The largest absolute Gasteiger partial charge is 0.497 e. The van der Waals surface area contributed by atoms with Crippen LogP contribution in [0.4, 0.5) is 0 Å². The van der Waals surface area contributed by atoms with E-state index in [1.165, 1.54) is 12.8 Å². The third-order valence-corrected chi connectivity index (χ3v) is 3.64. The van der Waals surface area contributed by atoms with Gasteiger partial charge in [0.25, 0.3) is 0 Å². The molecule has 3 N–H and O–H groups in total. The quantitative estimate of drug-likeness (QED) is 0.848. The molecule has 0 saturated heterocycles. The summed E-state index contributed by atoms with van der Waals surface area (Å²) in [6, 6.07) is 7.54. The number of methoxy groups -OCH3 is 1. The first-order chi connectivity index (χ1) is 9.15. The van der Waals surface area contributed by atoms with Crippen molar-refractivity contribution in [2.45, 2.75) is 38.3 Å². The number of benzene rings is 1. The number of carbonyl (C=O) groups excluding carboxylic acids is 1. The number of nitrogens with two attached hydrogens (primary N) is 1. The Kier molecular flexibility index (Phi) is 6.30. The maximum Gasteiger partial charge on any atom is 0.237 e. The van der Waals surface area contributed by atoms with Gasteiger partial charge >= 0.3 is 0 Å². The zero-order valence-corrected chi connectivity index (χ0v) is 12.8. The second-order valence-electron chi connectivity index (χ2n) is 5.11. The summed E-state index contributed by atoms with van der Waals surface area (Å²) in [6.45, 7) is 1.92. The molecule has 1 unspecified atom stereocenters. The standard InChI is InChI=1S/C15H22N2O2.ClH/c1-3-13(16)15(18)17-14(10-4-5-10)11-6-8-12(19-2)9-7-11;/h6-10,13-14H,3-5,16H2,1-2H3,(H,17,18);1H/t13-,14?;/m0./s1. The van der Waals surface area contributed by atoms with Gasteiger partial charge in [0, 0.05) is 0 Å². The highest BCUT2D eigenvalue weighted by Gasteiger charge is 2.34. The van der Waals surface area contributed by atoms with Gasteiger partial charge in [-0.1, -0.05) is 19.1 Å². The molecule has 1 aromatic rings.